The van der Waals surface area contributed by atoms with Crippen molar-refractivity contribution in [2.75, 3.05) is 23.8 Å². The summed E-state index contributed by atoms with van der Waals surface area (Å²) >= 11 is 6.06. The van der Waals surface area contributed by atoms with Gasteiger partial charge in [-0.15, -0.1) is 0 Å². The molecule has 1 aromatic carbocycles. The number of hydrogen-bond donors (Lipinski definition) is 2. The number of nitrogens with one attached hydrogen (secondary N) is 1. The molecule has 0 fully saturated rings. The molecule has 2 aromatic rings. The number of amides is 1. The molecule has 2 heterocycles. The van der Waals surface area contributed by atoms with E-state index in [1.54, 1.807) is 24.3 Å². The Morgan fingerprint density at radius 3 is 2.67 bits per heavy atom. The number of benzene rings is 1. The highest BCUT2D eigenvalue weighted by Gasteiger charge is 2.24. The summed E-state index contributed by atoms with van der Waals surface area (Å²) in [5, 5.41) is 0.587. The highest BCUT2D eigenvalue weighted by atomic mass is 35.5. The summed E-state index contributed by atoms with van der Waals surface area (Å²) in [6.45, 7) is 8.59. The minimum atomic E-state index is -0.691. The molecule has 0 saturated heterocycles. The van der Waals surface area contributed by atoms with Gasteiger partial charge in [0.25, 0.3) is 11.5 Å². The number of rotatable bonds is 7. The van der Waals surface area contributed by atoms with E-state index in [9.17, 15) is 14.4 Å². The van der Waals surface area contributed by atoms with Gasteiger partial charge in [0.05, 0.1) is 0 Å². The van der Waals surface area contributed by atoms with Crippen molar-refractivity contribution in [3.63, 3.8) is 0 Å². The van der Waals surface area contributed by atoms with E-state index >= 15 is 0 Å². The van der Waals surface area contributed by atoms with Gasteiger partial charge in [0.2, 0.25) is 0 Å². The van der Waals surface area contributed by atoms with Crippen LogP contribution in [0.2, 0.25) is 5.02 Å². The maximum absolute atomic E-state index is 13.2. The van der Waals surface area contributed by atoms with Crippen molar-refractivity contribution >= 4 is 35.1 Å². The number of carbonyl (C=O) groups excluding carboxylic acids is 1. The molecule has 1 aromatic heterocycles. The number of nitrogen functional groups attached to an aromatic ring is 1. The smallest absolute Gasteiger partial charge is 0.330 e. The van der Waals surface area contributed by atoms with Crippen LogP contribution in [0.3, 0.4) is 0 Å². The van der Waals surface area contributed by atoms with Gasteiger partial charge in [-0.05, 0) is 41.7 Å². The normalized spacial score (nSPS) is 13.2. The van der Waals surface area contributed by atoms with E-state index in [2.05, 4.69) is 4.98 Å². The second-order valence-corrected chi connectivity index (χ2v) is 9.30. The number of aromatic amines is 1. The van der Waals surface area contributed by atoms with Gasteiger partial charge in [-0.3, -0.25) is 19.1 Å². The molecule has 3 N–H and O–H groups in total. The fourth-order valence-electron chi connectivity index (χ4n) is 3.57. The lowest BCUT2D eigenvalue weighted by Crippen LogP contribution is -2.42. The van der Waals surface area contributed by atoms with E-state index in [0.717, 1.165) is 16.9 Å². The average Bonchev–Trinajstić information content (AvgIpc) is 2.73. The third kappa shape index (κ3) is 5.76. The number of nitrogens with two attached hydrogens (primary N) is 1. The average molecular weight is 473 g/mol. The molecular weight excluding hydrogens is 444 g/mol. The molecule has 0 bridgehead atoms. The first kappa shape index (κ1) is 24.4. The van der Waals surface area contributed by atoms with Gasteiger partial charge in [0.15, 0.2) is 5.69 Å². The first-order valence-corrected chi connectivity index (χ1v) is 11.2. The third-order valence-corrected chi connectivity index (χ3v) is 5.23. The van der Waals surface area contributed by atoms with Gasteiger partial charge in [-0.25, -0.2) is 4.79 Å². The number of hydrogen-bond acceptors (Lipinski definition) is 5. The van der Waals surface area contributed by atoms with Crippen LogP contribution in [0.1, 0.15) is 33.3 Å². The van der Waals surface area contributed by atoms with Crippen LogP contribution in [0, 0.1) is 11.8 Å². The standard InChI is InChI=1S/C24H29ClN4O4/c1-14(2)11-28(21-22(26)29(12-15(3)4)24(32)27-23(21)31)20(30)8-5-16-9-17-10-18(25)6-7-19(17)33-13-16/h5-10,14-15H,11-13,26H2,1-4H3,(H,27,31,32)/b8-5+. The second kappa shape index (κ2) is 10.1. The zero-order chi connectivity index (χ0) is 24.3. The van der Waals surface area contributed by atoms with Crippen LogP contribution in [-0.2, 0) is 11.3 Å². The fraction of sp³-hybridized carbons (Fsp3) is 0.375. The van der Waals surface area contributed by atoms with Gasteiger partial charge in [0.1, 0.15) is 18.2 Å². The van der Waals surface area contributed by atoms with E-state index in [4.69, 9.17) is 22.1 Å². The summed E-state index contributed by atoms with van der Waals surface area (Å²) in [6.07, 6.45) is 4.92. The highest BCUT2D eigenvalue weighted by Crippen LogP contribution is 2.29. The van der Waals surface area contributed by atoms with E-state index in [1.807, 2.05) is 33.8 Å². The van der Waals surface area contributed by atoms with Crippen molar-refractivity contribution < 1.29 is 9.53 Å². The maximum Gasteiger partial charge on any atom is 0.330 e. The number of carbonyl (C=O) groups is 1. The first-order chi connectivity index (χ1) is 15.6. The molecule has 0 atom stereocenters. The summed E-state index contributed by atoms with van der Waals surface area (Å²) in [5.74, 6) is 0.443. The summed E-state index contributed by atoms with van der Waals surface area (Å²) in [6, 6.07) is 5.34. The molecule has 0 radical (unpaired) electrons. The fourth-order valence-corrected chi connectivity index (χ4v) is 3.75. The van der Waals surface area contributed by atoms with Gasteiger partial charge in [-0.1, -0.05) is 45.4 Å². The topological polar surface area (TPSA) is 110 Å². The Morgan fingerprint density at radius 2 is 2.00 bits per heavy atom. The Kier molecular flexibility index (Phi) is 7.48. The van der Waals surface area contributed by atoms with E-state index in [0.29, 0.717) is 18.2 Å². The van der Waals surface area contributed by atoms with Crippen molar-refractivity contribution in [3.8, 4) is 5.75 Å². The Balaban J connectivity index is 1.97. The minimum Gasteiger partial charge on any atom is -0.488 e. The molecule has 0 unspecified atom stereocenters. The van der Waals surface area contributed by atoms with Crippen LogP contribution in [0.25, 0.3) is 6.08 Å². The van der Waals surface area contributed by atoms with Crippen LogP contribution >= 0.6 is 11.6 Å². The molecule has 176 valence electrons. The third-order valence-electron chi connectivity index (χ3n) is 4.99. The number of fused-ring (bicyclic) bond motifs is 1. The molecule has 1 aliphatic rings. The molecule has 0 spiro atoms. The molecule has 1 aliphatic heterocycles. The van der Waals surface area contributed by atoms with Crippen molar-refractivity contribution in [1.82, 2.24) is 9.55 Å². The van der Waals surface area contributed by atoms with Gasteiger partial charge in [0, 0.05) is 29.8 Å². The lowest BCUT2D eigenvalue weighted by atomic mass is 10.1. The van der Waals surface area contributed by atoms with Gasteiger partial charge >= 0.3 is 5.69 Å². The molecular formula is C24H29ClN4O4. The van der Waals surface area contributed by atoms with Crippen LogP contribution in [-0.4, -0.2) is 28.6 Å². The largest absolute Gasteiger partial charge is 0.488 e. The SMILES string of the molecule is CC(C)CN(C(=O)/C=C/C1=Cc2cc(Cl)ccc2OC1)c1c(N)n(CC(C)C)c(=O)[nH]c1=O. The lowest BCUT2D eigenvalue weighted by Gasteiger charge is -2.25. The van der Waals surface area contributed by atoms with Crippen molar-refractivity contribution in [3.05, 3.63) is 67.3 Å². The summed E-state index contributed by atoms with van der Waals surface area (Å²) in [4.78, 5) is 41.8. The number of halogens is 1. The molecule has 3 rings (SSSR count). The van der Waals surface area contributed by atoms with Crippen molar-refractivity contribution in [1.29, 1.82) is 0 Å². The Hall–Kier alpha value is -3.26. The highest BCUT2D eigenvalue weighted by molar-refractivity contribution is 6.30. The number of aromatic nitrogens is 2. The quantitative estimate of drug-likeness (QED) is 0.599. The van der Waals surface area contributed by atoms with E-state index in [-0.39, 0.29) is 29.9 Å². The Bertz CT molecular complexity index is 1220. The molecule has 1 amide bonds. The molecule has 8 nitrogen and oxygen atoms in total. The summed E-state index contributed by atoms with van der Waals surface area (Å²) in [5.41, 5.74) is 6.52. The monoisotopic (exact) mass is 472 g/mol. The Morgan fingerprint density at radius 1 is 1.27 bits per heavy atom. The minimum absolute atomic E-state index is 0.0235. The molecule has 9 heteroatoms. The van der Waals surface area contributed by atoms with Crippen molar-refractivity contribution in [2.24, 2.45) is 11.8 Å². The molecule has 0 saturated carbocycles. The number of nitrogens with zero attached hydrogens (tertiary/aromatic N) is 2. The van der Waals surface area contributed by atoms with Crippen LogP contribution < -0.4 is 26.6 Å². The number of H-pyrrole nitrogens is 1. The summed E-state index contributed by atoms with van der Waals surface area (Å²) in [7, 11) is 0. The van der Waals surface area contributed by atoms with Crippen LogP contribution in [0.5, 0.6) is 5.75 Å². The molecule has 0 aliphatic carbocycles. The zero-order valence-electron chi connectivity index (χ0n) is 19.2. The molecule has 33 heavy (non-hydrogen) atoms. The maximum atomic E-state index is 13.2. The van der Waals surface area contributed by atoms with E-state index in [1.165, 1.54) is 15.5 Å². The second-order valence-electron chi connectivity index (χ2n) is 8.86. The van der Waals surface area contributed by atoms with Gasteiger partial charge in [-0.2, -0.15) is 0 Å². The predicted octanol–water partition coefficient (Wildman–Crippen LogP) is 3.45. The van der Waals surface area contributed by atoms with Gasteiger partial charge < -0.3 is 15.4 Å². The first-order valence-electron chi connectivity index (χ1n) is 10.8. The number of anilines is 2. The Labute approximate surface area is 197 Å². The van der Waals surface area contributed by atoms with Crippen molar-refractivity contribution in [2.45, 2.75) is 34.2 Å². The summed E-state index contributed by atoms with van der Waals surface area (Å²) < 4.78 is 7.02. The number of ether oxygens (including phenoxy) is 1. The van der Waals surface area contributed by atoms with Crippen LogP contribution in [0.15, 0.2) is 45.5 Å². The zero-order valence-corrected chi connectivity index (χ0v) is 20.0. The van der Waals surface area contributed by atoms with E-state index < -0.39 is 17.2 Å². The lowest BCUT2D eigenvalue weighted by molar-refractivity contribution is -0.114. The predicted molar refractivity (Wildman–Crippen MR) is 132 cm³/mol. The van der Waals surface area contributed by atoms with Crippen LogP contribution in [0.4, 0.5) is 11.5 Å².